The largest absolute Gasteiger partial charge is 0.495 e. The molecule has 10 nitrogen and oxygen atoms in total. The third-order valence-corrected chi connectivity index (χ3v) is 7.49. The van der Waals surface area contributed by atoms with E-state index in [-0.39, 0.29) is 11.3 Å². The maximum Gasteiger partial charge on any atom is 0.335 e. The minimum atomic E-state index is -3.60. The molecule has 13 heteroatoms. The minimum absolute atomic E-state index is 0.0678. The summed E-state index contributed by atoms with van der Waals surface area (Å²) in [5.41, 5.74) is 1.99. The minimum Gasteiger partial charge on any atom is -0.495 e. The summed E-state index contributed by atoms with van der Waals surface area (Å²) < 4.78 is 38.2. The van der Waals surface area contributed by atoms with Gasteiger partial charge in [0, 0.05) is 17.4 Å². The average molecular weight is 599 g/mol. The number of methoxy groups -OCH3 is 1. The molecular formula is C27H23ClN4O6S2. The van der Waals surface area contributed by atoms with Crippen LogP contribution >= 0.6 is 23.8 Å². The molecule has 5 rings (SSSR count). The first-order valence-corrected chi connectivity index (χ1v) is 14.5. The van der Waals surface area contributed by atoms with Crippen molar-refractivity contribution in [3.8, 4) is 17.1 Å². The van der Waals surface area contributed by atoms with E-state index in [2.05, 4.69) is 15.0 Å². The summed E-state index contributed by atoms with van der Waals surface area (Å²) in [5.74, 6) is 0.103. The van der Waals surface area contributed by atoms with Gasteiger partial charge in [-0.25, -0.2) is 13.2 Å². The summed E-state index contributed by atoms with van der Waals surface area (Å²) in [4.78, 5) is 17.9. The molecule has 3 heterocycles. The van der Waals surface area contributed by atoms with Gasteiger partial charge >= 0.3 is 5.97 Å². The number of halogens is 1. The van der Waals surface area contributed by atoms with Gasteiger partial charge in [-0.05, 0) is 72.9 Å². The number of furan rings is 1. The molecule has 2 aromatic carbocycles. The summed E-state index contributed by atoms with van der Waals surface area (Å²) in [5, 5.41) is 13.4. The fourth-order valence-corrected chi connectivity index (χ4v) is 5.67. The molecule has 0 unspecified atom stereocenters. The summed E-state index contributed by atoms with van der Waals surface area (Å²) in [6.07, 6.45) is 2.72. The van der Waals surface area contributed by atoms with Crippen LogP contribution in [0, 0.1) is 0 Å². The van der Waals surface area contributed by atoms with Crippen LogP contribution in [0.25, 0.3) is 11.3 Å². The normalized spacial score (nSPS) is 17.0. The number of sulfonamides is 1. The molecule has 1 saturated heterocycles. The zero-order valence-corrected chi connectivity index (χ0v) is 23.5. The molecule has 0 bridgehead atoms. The Hall–Kier alpha value is -4.13. The average Bonchev–Trinajstić information content (AvgIpc) is 3.53. The maximum absolute atomic E-state index is 12.0. The van der Waals surface area contributed by atoms with Gasteiger partial charge in [-0.1, -0.05) is 17.7 Å². The first-order chi connectivity index (χ1) is 19.1. The number of carboxylic acid groups (broad SMARTS) is 1. The van der Waals surface area contributed by atoms with Gasteiger partial charge < -0.3 is 24.5 Å². The smallest absolute Gasteiger partial charge is 0.335 e. The van der Waals surface area contributed by atoms with E-state index in [0.29, 0.717) is 44.3 Å². The fourth-order valence-electron chi connectivity index (χ4n) is 4.55. The lowest BCUT2D eigenvalue weighted by atomic mass is 10.0. The van der Waals surface area contributed by atoms with Gasteiger partial charge in [-0.15, -0.1) is 0 Å². The van der Waals surface area contributed by atoms with Crippen LogP contribution in [0.15, 0.2) is 77.3 Å². The Morgan fingerprint density at radius 2 is 1.98 bits per heavy atom. The maximum atomic E-state index is 12.0. The second-order valence-electron chi connectivity index (χ2n) is 8.96. The van der Waals surface area contributed by atoms with Gasteiger partial charge in [0.1, 0.15) is 23.3 Å². The molecule has 0 amide bonds. The number of nitrogens with one attached hydrogen (secondary N) is 2. The van der Waals surface area contributed by atoms with Crippen LogP contribution in [0.1, 0.15) is 33.9 Å². The van der Waals surface area contributed by atoms with Crippen LogP contribution in [-0.2, 0) is 10.0 Å². The Morgan fingerprint density at radius 3 is 2.65 bits per heavy atom. The molecule has 0 aliphatic carbocycles. The van der Waals surface area contributed by atoms with Crippen molar-refractivity contribution in [1.82, 2.24) is 10.3 Å². The van der Waals surface area contributed by atoms with E-state index in [1.807, 2.05) is 12.1 Å². The summed E-state index contributed by atoms with van der Waals surface area (Å²) in [6, 6.07) is 17.4. The first-order valence-electron chi connectivity index (χ1n) is 11.8. The number of aromatic carboxylic acids is 1. The van der Waals surface area contributed by atoms with Crippen molar-refractivity contribution in [3.63, 3.8) is 0 Å². The number of anilines is 2. The predicted molar refractivity (Wildman–Crippen MR) is 156 cm³/mol. The van der Waals surface area contributed by atoms with Crippen molar-refractivity contribution in [2.45, 2.75) is 12.1 Å². The fraction of sp³-hybridized carbons (Fsp3) is 0.148. The molecule has 1 fully saturated rings. The number of carbonyl (C=O) groups is 1. The Bertz CT molecular complexity index is 1710. The number of pyridine rings is 1. The molecular weight excluding hydrogens is 576 g/mol. The lowest BCUT2D eigenvalue weighted by molar-refractivity contribution is 0.0697. The van der Waals surface area contributed by atoms with E-state index < -0.39 is 28.1 Å². The van der Waals surface area contributed by atoms with E-state index in [1.165, 1.54) is 25.3 Å². The second kappa shape index (κ2) is 10.8. The lowest BCUT2D eigenvalue weighted by Crippen LogP contribution is -2.29. The van der Waals surface area contributed by atoms with Gasteiger partial charge in [0.25, 0.3) is 0 Å². The molecule has 0 radical (unpaired) electrons. The predicted octanol–water partition coefficient (Wildman–Crippen LogP) is 5.25. The molecule has 1 aliphatic rings. The van der Waals surface area contributed by atoms with E-state index >= 15 is 0 Å². The molecule has 2 aromatic heterocycles. The number of hydrogen-bond acceptors (Lipinski definition) is 7. The van der Waals surface area contributed by atoms with Crippen LogP contribution in [0.2, 0.25) is 5.02 Å². The monoisotopic (exact) mass is 598 g/mol. The van der Waals surface area contributed by atoms with Crippen molar-refractivity contribution in [3.05, 3.63) is 95.0 Å². The third-order valence-electron chi connectivity index (χ3n) is 6.25. The number of thiocarbonyl (C=S) groups is 1. The number of aromatic nitrogens is 1. The molecule has 0 saturated carbocycles. The lowest BCUT2D eigenvalue weighted by Gasteiger charge is -2.27. The van der Waals surface area contributed by atoms with Gasteiger partial charge in [-0.3, -0.25) is 9.71 Å². The van der Waals surface area contributed by atoms with E-state index in [4.69, 9.17) is 33.0 Å². The quantitative estimate of drug-likeness (QED) is 0.231. The number of benzene rings is 2. The van der Waals surface area contributed by atoms with Gasteiger partial charge in [0.2, 0.25) is 10.0 Å². The zero-order chi connectivity index (χ0) is 28.6. The topological polar surface area (TPSA) is 134 Å². The summed E-state index contributed by atoms with van der Waals surface area (Å²) >= 11 is 12.1. The third kappa shape index (κ3) is 5.46. The van der Waals surface area contributed by atoms with Crippen molar-refractivity contribution in [2.75, 3.05) is 23.0 Å². The molecule has 206 valence electrons. The molecule has 3 N–H and O–H groups in total. The number of carboxylic acids is 1. The summed E-state index contributed by atoms with van der Waals surface area (Å²) in [6.45, 7) is 0. The van der Waals surface area contributed by atoms with Crippen molar-refractivity contribution >= 4 is 56.3 Å². The van der Waals surface area contributed by atoms with Gasteiger partial charge in [0.05, 0.1) is 41.4 Å². The number of nitrogens with zero attached hydrogens (tertiary/aromatic N) is 2. The van der Waals surface area contributed by atoms with Crippen LogP contribution in [0.3, 0.4) is 0 Å². The second-order valence-corrected chi connectivity index (χ2v) is 11.5. The van der Waals surface area contributed by atoms with Crippen LogP contribution < -0.4 is 19.7 Å². The number of rotatable bonds is 8. The van der Waals surface area contributed by atoms with Crippen molar-refractivity contribution < 1.29 is 27.5 Å². The SMILES string of the molecule is COc1ccc(N2C(=S)N[C@H](c3ccccn3)[C@H]2c2ccc(-c3cc(C(=O)O)ccc3Cl)o2)cc1NS(C)(=O)=O. The first kappa shape index (κ1) is 27.4. The van der Waals surface area contributed by atoms with Crippen molar-refractivity contribution in [2.24, 2.45) is 0 Å². The van der Waals surface area contributed by atoms with Gasteiger partial charge in [0.15, 0.2) is 5.11 Å². The molecule has 40 heavy (non-hydrogen) atoms. The van der Waals surface area contributed by atoms with E-state index in [9.17, 15) is 18.3 Å². The Balaban J connectivity index is 1.63. The van der Waals surface area contributed by atoms with Crippen molar-refractivity contribution in [1.29, 1.82) is 0 Å². The zero-order valence-electron chi connectivity index (χ0n) is 21.2. The van der Waals surface area contributed by atoms with E-state index in [1.54, 1.807) is 47.5 Å². The standard InChI is InChI=1S/C27H23ClN4O6S2/c1-37-22-9-7-16(14-20(22)31-40(2,35)36)32-25(24(30-27(32)39)19-5-3-4-12-29-19)23-11-10-21(38-23)17-13-15(26(33)34)6-8-18(17)28/h3-14,24-25,31H,1-2H3,(H,30,39)(H,33,34)/t24-,25-/m1/s1. The Labute approximate surface area is 240 Å². The Kier molecular flexibility index (Phi) is 7.41. The highest BCUT2D eigenvalue weighted by Crippen LogP contribution is 2.45. The highest BCUT2D eigenvalue weighted by Gasteiger charge is 2.43. The molecule has 1 aliphatic heterocycles. The summed E-state index contributed by atoms with van der Waals surface area (Å²) in [7, 11) is -2.16. The highest BCUT2D eigenvalue weighted by atomic mass is 35.5. The molecule has 4 aromatic rings. The molecule has 2 atom stereocenters. The number of hydrogen-bond donors (Lipinski definition) is 3. The van der Waals surface area contributed by atoms with Gasteiger partial charge in [-0.2, -0.15) is 0 Å². The van der Waals surface area contributed by atoms with Crippen LogP contribution in [0.5, 0.6) is 5.75 Å². The van der Waals surface area contributed by atoms with Crippen LogP contribution in [-0.4, -0.2) is 43.0 Å². The van der Waals surface area contributed by atoms with E-state index in [0.717, 1.165) is 6.26 Å². The van der Waals surface area contributed by atoms with Crippen LogP contribution in [0.4, 0.5) is 11.4 Å². The highest BCUT2D eigenvalue weighted by molar-refractivity contribution is 7.92. The molecule has 0 spiro atoms. The number of ether oxygens (including phenoxy) is 1. The Morgan fingerprint density at radius 1 is 1.18 bits per heavy atom.